The Morgan fingerprint density at radius 3 is 2.03 bits per heavy atom. The van der Waals surface area contributed by atoms with Crippen LogP contribution in [0.15, 0.2) is 84.0 Å². The number of hydrogen-bond acceptors (Lipinski definition) is 3. The van der Waals surface area contributed by atoms with Crippen LogP contribution in [0.2, 0.25) is 0 Å². The van der Waals surface area contributed by atoms with Gasteiger partial charge in [0.25, 0.3) is 0 Å². The van der Waals surface area contributed by atoms with Gasteiger partial charge in [0.2, 0.25) is 0 Å². The maximum Gasteiger partial charge on any atom is 0.329 e. The quantitative estimate of drug-likeness (QED) is 0.239. The van der Waals surface area contributed by atoms with Crippen LogP contribution in [0.4, 0.5) is 5.69 Å². The summed E-state index contributed by atoms with van der Waals surface area (Å²) < 4.78 is 0. The third-order valence-electron chi connectivity index (χ3n) is 4.77. The molecular formula is C24H19N3O2. The fraction of sp³-hybridized carbons (Fsp3) is 0.0417. The maximum atomic E-state index is 12.1. The molecule has 5 nitrogen and oxygen atoms in total. The van der Waals surface area contributed by atoms with Crippen LogP contribution < -0.4 is 10.7 Å². The van der Waals surface area contributed by atoms with Crippen molar-refractivity contribution in [2.75, 3.05) is 5.32 Å². The SMILES string of the molecule is Cc1ccccc1NC(=O)C(=O)N/N=C\c1c2ccccc2cc2ccccc12. The second-order valence-corrected chi connectivity index (χ2v) is 6.70. The van der Waals surface area contributed by atoms with Crippen molar-refractivity contribution in [3.05, 3.63) is 90.0 Å². The first-order valence-corrected chi connectivity index (χ1v) is 9.24. The molecule has 0 heterocycles. The van der Waals surface area contributed by atoms with Crippen LogP contribution in [0.3, 0.4) is 0 Å². The van der Waals surface area contributed by atoms with E-state index in [1.54, 1.807) is 18.3 Å². The number of hydrazone groups is 1. The third-order valence-corrected chi connectivity index (χ3v) is 4.77. The molecule has 5 heteroatoms. The summed E-state index contributed by atoms with van der Waals surface area (Å²) in [5.74, 6) is -1.59. The van der Waals surface area contributed by atoms with Gasteiger partial charge >= 0.3 is 11.8 Å². The zero-order valence-electron chi connectivity index (χ0n) is 15.8. The molecule has 29 heavy (non-hydrogen) atoms. The number of nitrogens with one attached hydrogen (secondary N) is 2. The lowest BCUT2D eigenvalue weighted by Crippen LogP contribution is -2.32. The number of amides is 2. The molecule has 4 aromatic carbocycles. The monoisotopic (exact) mass is 381 g/mol. The molecule has 0 aromatic heterocycles. The molecule has 0 unspecified atom stereocenters. The summed E-state index contributed by atoms with van der Waals surface area (Å²) in [4.78, 5) is 24.3. The van der Waals surface area contributed by atoms with Gasteiger partial charge in [0, 0.05) is 11.3 Å². The van der Waals surface area contributed by atoms with E-state index in [9.17, 15) is 9.59 Å². The Kier molecular flexibility index (Phi) is 5.03. The molecule has 0 radical (unpaired) electrons. The lowest BCUT2D eigenvalue weighted by atomic mass is 9.97. The highest BCUT2D eigenvalue weighted by molar-refractivity contribution is 6.39. The first kappa shape index (κ1) is 18.4. The third kappa shape index (κ3) is 3.84. The summed E-state index contributed by atoms with van der Waals surface area (Å²) >= 11 is 0. The van der Waals surface area contributed by atoms with E-state index in [4.69, 9.17) is 0 Å². The highest BCUT2D eigenvalue weighted by Crippen LogP contribution is 2.27. The first-order chi connectivity index (χ1) is 14.1. The van der Waals surface area contributed by atoms with Crippen molar-refractivity contribution in [2.45, 2.75) is 6.92 Å². The molecule has 0 aliphatic carbocycles. The summed E-state index contributed by atoms with van der Waals surface area (Å²) in [6.07, 6.45) is 1.59. The molecule has 0 fully saturated rings. The minimum absolute atomic E-state index is 0.594. The Morgan fingerprint density at radius 2 is 1.38 bits per heavy atom. The van der Waals surface area contributed by atoms with Gasteiger partial charge in [-0.1, -0.05) is 66.7 Å². The van der Waals surface area contributed by atoms with Crippen LogP contribution >= 0.6 is 0 Å². The minimum Gasteiger partial charge on any atom is -0.317 e. The molecule has 0 aliphatic rings. The molecular weight excluding hydrogens is 362 g/mol. The zero-order valence-corrected chi connectivity index (χ0v) is 15.8. The van der Waals surface area contributed by atoms with Gasteiger partial charge in [-0.3, -0.25) is 9.59 Å². The van der Waals surface area contributed by atoms with Crippen molar-refractivity contribution in [2.24, 2.45) is 5.10 Å². The molecule has 0 saturated heterocycles. The predicted molar refractivity (Wildman–Crippen MR) is 117 cm³/mol. The van der Waals surface area contributed by atoms with Gasteiger partial charge in [-0.15, -0.1) is 0 Å². The Labute approximate surface area is 168 Å². The van der Waals surface area contributed by atoms with Crippen molar-refractivity contribution < 1.29 is 9.59 Å². The highest BCUT2D eigenvalue weighted by Gasteiger charge is 2.14. The molecule has 0 aliphatic heterocycles. The molecule has 142 valence electrons. The van der Waals surface area contributed by atoms with E-state index in [0.717, 1.165) is 32.7 Å². The lowest BCUT2D eigenvalue weighted by molar-refractivity contribution is -0.136. The molecule has 0 spiro atoms. The van der Waals surface area contributed by atoms with E-state index in [-0.39, 0.29) is 0 Å². The van der Waals surface area contributed by atoms with Crippen molar-refractivity contribution in [1.29, 1.82) is 0 Å². The van der Waals surface area contributed by atoms with Crippen LogP contribution in [0.25, 0.3) is 21.5 Å². The number of carbonyl (C=O) groups excluding carboxylic acids is 2. The first-order valence-electron chi connectivity index (χ1n) is 9.24. The van der Waals surface area contributed by atoms with E-state index >= 15 is 0 Å². The number of aryl methyl sites for hydroxylation is 1. The standard InChI is InChI=1S/C24H19N3O2/c1-16-8-2-7-13-22(16)26-23(28)24(29)27-25-15-21-19-11-5-3-9-17(19)14-18-10-4-6-12-20(18)21/h2-15H,1H3,(H,26,28)(H,27,29)/b25-15-. The van der Waals surface area contributed by atoms with E-state index in [1.807, 2.05) is 67.6 Å². The molecule has 2 N–H and O–H groups in total. The number of benzene rings is 4. The number of para-hydroxylation sites is 1. The predicted octanol–water partition coefficient (Wildman–Crippen LogP) is 4.39. The largest absolute Gasteiger partial charge is 0.329 e. The summed E-state index contributed by atoms with van der Waals surface area (Å²) in [5, 5.41) is 10.8. The van der Waals surface area contributed by atoms with Gasteiger partial charge in [0.05, 0.1) is 6.21 Å². The van der Waals surface area contributed by atoms with Crippen LogP contribution in [0.5, 0.6) is 0 Å². The van der Waals surface area contributed by atoms with E-state index in [2.05, 4.69) is 21.9 Å². The van der Waals surface area contributed by atoms with Gasteiger partial charge in [0.15, 0.2) is 0 Å². The van der Waals surface area contributed by atoms with E-state index in [1.165, 1.54) is 0 Å². The number of anilines is 1. The van der Waals surface area contributed by atoms with Crippen molar-refractivity contribution >= 4 is 45.3 Å². The number of rotatable bonds is 3. The molecule has 4 rings (SSSR count). The van der Waals surface area contributed by atoms with E-state index in [0.29, 0.717) is 5.69 Å². The van der Waals surface area contributed by atoms with Crippen molar-refractivity contribution in [3.8, 4) is 0 Å². The van der Waals surface area contributed by atoms with Gasteiger partial charge in [-0.2, -0.15) is 5.10 Å². The van der Waals surface area contributed by atoms with Gasteiger partial charge < -0.3 is 5.32 Å². The topological polar surface area (TPSA) is 70.6 Å². The van der Waals surface area contributed by atoms with E-state index < -0.39 is 11.8 Å². The second-order valence-electron chi connectivity index (χ2n) is 6.70. The summed E-state index contributed by atoms with van der Waals surface area (Å²) in [6, 6.07) is 25.4. The maximum absolute atomic E-state index is 12.1. The minimum atomic E-state index is -0.825. The second kappa shape index (κ2) is 7.94. The van der Waals surface area contributed by atoms with Gasteiger partial charge in [0.1, 0.15) is 0 Å². The molecule has 0 saturated carbocycles. The Hall–Kier alpha value is -3.99. The fourth-order valence-corrected chi connectivity index (χ4v) is 3.29. The van der Waals surface area contributed by atoms with Gasteiger partial charge in [-0.05, 0) is 46.2 Å². The number of hydrogen-bond donors (Lipinski definition) is 2. The van der Waals surface area contributed by atoms with Gasteiger partial charge in [-0.25, -0.2) is 5.43 Å². The molecule has 2 amide bonds. The molecule has 4 aromatic rings. The Balaban J connectivity index is 1.57. The molecule has 0 bridgehead atoms. The Bertz CT molecular complexity index is 1210. The fourth-order valence-electron chi connectivity index (χ4n) is 3.29. The van der Waals surface area contributed by atoms with Crippen LogP contribution in [-0.4, -0.2) is 18.0 Å². The number of nitrogens with zero attached hydrogens (tertiary/aromatic N) is 1. The highest BCUT2D eigenvalue weighted by atomic mass is 16.2. The normalized spacial score (nSPS) is 11.1. The summed E-state index contributed by atoms with van der Waals surface area (Å²) in [7, 11) is 0. The van der Waals surface area contributed by atoms with Crippen molar-refractivity contribution in [1.82, 2.24) is 5.43 Å². The smallest absolute Gasteiger partial charge is 0.317 e. The van der Waals surface area contributed by atoms with Crippen molar-refractivity contribution in [3.63, 3.8) is 0 Å². The zero-order chi connectivity index (χ0) is 20.2. The van der Waals surface area contributed by atoms with Crippen LogP contribution in [0, 0.1) is 6.92 Å². The lowest BCUT2D eigenvalue weighted by Gasteiger charge is -2.08. The summed E-state index contributed by atoms with van der Waals surface area (Å²) in [6.45, 7) is 1.86. The average molecular weight is 381 g/mol. The van der Waals surface area contributed by atoms with Crippen LogP contribution in [0.1, 0.15) is 11.1 Å². The van der Waals surface area contributed by atoms with Crippen LogP contribution in [-0.2, 0) is 9.59 Å². The Morgan fingerprint density at radius 1 is 0.793 bits per heavy atom. The average Bonchev–Trinajstić information content (AvgIpc) is 2.74. The molecule has 0 atom stereocenters. The number of carbonyl (C=O) groups is 2. The number of fused-ring (bicyclic) bond motifs is 2. The summed E-state index contributed by atoms with van der Waals surface area (Å²) in [5.41, 5.74) is 4.67.